The molecule has 0 spiro atoms. The summed E-state index contributed by atoms with van der Waals surface area (Å²) < 4.78 is 11.3. The van der Waals surface area contributed by atoms with E-state index in [4.69, 9.17) is 20.6 Å². The number of methoxy groups -OCH3 is 2. The summed E-state index contributed by atoms with van der Waals surface area (Å²) in [7, 11) is 3.23. The molecule has 1 aliphatic heterocycles. The van der Waals surface area contributed by atoms with Crippen LogP contribution in [-0.2, 0) is 6.42 Å². The molecule has 5 N–H and O–H groups in total. The molecule has 0 saturated heterocycles. The highest BCUT2D eigenvalue weighted by atomic mass is 16.5. The van der Waals surface area contributed by atoms with Gasteiger partial charge in [-0.1, -0.05) is 42.5 Å². The summed E-state index contributed by atoms with van der Waals surface area (Å²) in [4.78, 5) is 0. The van der Waals surface area contributed by atoms with Gasteiger partial charge in [-0.05, 0) is 76.6 Å². The van der Waals surface area contributed by atoms with Crippen molar-refractivity contribution in [2.24, 2.45) is 11.7 Å². The maximum atomic E-state index is 10.8. The van der Waals surface area contributed by atoms with E-state index in [1.165, 1.54) is 11.1 Å². The van der Waals surface area contributed by atoms with Crippen molar-refractivity contribution in [2.45, 2.75) is 18.4 Å². The normalized spacial score (nSPS) is 19.2. The molecule has 0 bridgehead atoms. The SMILES string of the molecule is COc1cc(C2Nc3ccc(C(=N)N)cc3C3c4ccccc4CC23)c(-c2ccccc2OC)cc1O. The molecule has 3 atom stereocenters. The van der Waals surface area contributed by atoms with Crippen molar-refractivity contribution in [3.63, 3.8) is 0 Å². The van der Waals surface area contributed by atoms with E-state index < -0.39 is 0 Å². The molecule has 2 aliphatic rings. The van der Waals surface area contributed by atoms with Gasteiger partial charge in [0.1, 0.15) is 11.6 Å². The molecule has 37 heavy (non-hydrogen) atoms. The lowest BCUT2D eigenvalue weighted by Crippen LogP contribution is -2.31. The zero-order valence-electron chi connectivity index (χ0n) is 20.8. The number of ether oxygens (including phenoxy) is 2. The van der Waals surface area contributed by atoms with Gasteiger partial charge in [0.15, 0.2) is 11.5 Å². The number of phenolic OH excluding ortho intramolecular Hbond substituents is 1. The van der Waals surface area contributed by atoms with Crippen molar-refractivity contribution in [3.05, 3.63) is 107 Å². The number of amidine groups is 1. The fourth-order valence-electron chi connectivity index (χ4n) is 6.14. The Labute approximate surface area is 216 Å². The number of fused-ring (bicyclic) bond motifs is 5. The van der Waals surface area contributed by atoms with Crippen LogP contribution in [0.5, 0.6) is 17.2 Å². The lowest BCUT2D eigenvalue weighted by molar-refractivity contribution is 0.370. The number of nitrogens with one attached hydrogen (secondary N) is 2. The minimum Gasteiger partial charge on any atom is -0.504 e. The first-order valence-electron chi connectivity index (χ1n) is 12.4. The van der Waals surface area contributed by atoms with E-state index in [1.807, 2.05) is 42.5 Å². The van der Waals surface area contributed by atoms with Crippen LogP contribution in [0.1, 0.15) is 39.8 Å². The van der Waals surface area contributed by atoms with Crippen LogP contribution < -0.4 is 20.5 Å². The van der Waals surface area contributed by atoms with E-state index in [0.29, 0.717) is 5.75 Å². The number of aromatic hydroxyl groups is 1. The molecule has 0 saturated carbocycles. The Kier molecular flexibility index (Phi) is 5.52. The van der Waals surface area contributed by atoms with Gasteiger partial charge in [-0.25, -0.2) is 0 Å². The molecule has 6 heteroatoms. The molecule has 4 aromatic rings. The van der Waals surface area contributed by atoms with Crippen LogP contribution in [0.25, 0.3) is 11.1 Å². The average Bonchev–Trinajstić information content (AvgIpc) is 3.32. The van der Waals surface area contributed by atoms with E-state index in [1.54, 1.807) is 20.3 Å². The molecule has 3 unspecified atom stereocenters. The predicted octanol–water partition coefficient (Wildman–Crippen LogP) is 5.83. The van der Waals surface area contributed by atoms with Crippen LogP contribution in [0.3, 0.4) is 0 Å². The summed E-state index contributed by atoms with van der Waals surface area (Å²) in [5.41, 5.74) is 14.2. The fraction of sp³-hybridized carbons (Fsp3) is 0.194. The Balaban J connectivity index is 1.58. The minimum atomic E-state index is -0.0671. The maximum absolute atomic E-state index is 10.8. The van der Waals surface area contributed by atoms with Crippen LogP contribution in [-0.4, -0.2) is 25.2 Å². The van der Waals surface area contributed by atoms with Crippen LogP contribution in [0.2, 0.25) is 0 Å². The topological polar surface area (TPSA) is 101 Å². The third-order valence-electron chi connectivity index (χ3n) is 7.79. The molecule has 0 radical (unpaired) electrons. The van der Waals surface area contributed by atoms with Gasteiger partial charge in [0, 0.05) is 22.7 Å². The van der Waals surface area contributed by atoms with Crippen molar-refractivity contribution in [1.82, 2.24) is 0 Å². The molecule has 0 fully saturated rings. The van der Waals surface area contributed by atoms with E-state index in [0.717, 1.165) is 45.7 Å². The Hall–Kier alpha value is -4.45. The smallest absolute Gasteiger partial charge is 0.160 e. The zero-order chi connectivity index (χ0) is 25.7. The van der Waals surface area contributed by atoms with Crippen LogP contribution >= 0.6 is 0 Å². The molecular formula is C31H29N3O3. The quantitative estimate of drug-likeness (QED) is 0.208. The van der Waals surface area contributed by atoms with Crippen LogP contribution in [0.15, 0.2) is 78.9 Å². The van der Waals surface area contributed by atoms with E-state index >= 15 is 0 Å². The molecule has 186 valence electrons. The fourth-order valence-corrected chi connectivity index (χ4v) is 6.14. The number of para-hydroxylation sites is 1. The number of anilines is 1. The van der Waals surface area contributed by atoms with Gasteiger partial charge in [-0.3, -0.25) is 5.41 Å². The third kappa shape index (κ3) is 3.68. The number of hydrogen-bond acceptors (Lipinski definition) is 5. The number of hydrogen-bond donors (Lipinski definition) is 4. The summed E-state index contributed by atoms with van der Waals surface area (Å²) in [6, 6.07) is 26.1. The maximum Gasteiger partial charge on any atom is 0.160 e. The lowest BCUT2D eigenvalue weighted by Gasteiger charge is -2.39. The highest BCUT2D eigenvalue weighted by Crippen LogP contribution is 2.56. The van der Waals surface area contributed by atoms with E-state index in [-0.39, 0.29) is 29.5 Å². The molecule has 0 amide bonds. The Morgan fingerprint density at radius 3 is 2.41 bits per heavy atom. The minimum absolute atomic E-state index is 0.0643. The zero-order valence-corrected chi connectivity index (χ0v) is 20.8. The van der Waals surface area contributed by atoms with Gasteiger partial charge in [-0.15, -0.1) is 0 Å². The van der Waals surface area contributed by atoms with Crippen molar-refractivity contribution >= 4 is 11.5 Å². The van der Waals surface area contributed by atoms with Gasteiger partial charge in [-0.2, -0.15) is 0 Å². The molecule has 6 rings (SSSR count). The van der Waals surface area contributed by atoms with Gasteiger partial charge in [0.2, 0.25) is 0 Å². The first-order chi connectivity index (χ1) is 18.0. The number of nitrogen functional groups attached to an aromatic ring is 1. The van der Waals surface area contributed by atoms with Crippen LogP contribution in [0.4, 0.5) is 5.69 Å². The second-order valence-corrected chi connectivity index (χ2v) is 9.69. The first-order valence-corrected chi connectivity index (χ1v) is 12.4. The van der Waals surface area contributed by atoms with E-state index in [2.05, 4.69) is 35.6 Å². The van der Waals surface area contributed by atoms with Crippen molar-refractivity contribution in [2.75, 3.05) is 19.5 Å². The van der Waals surface area contributed by atoms with Crippen molar-refractivity contribution < 1.29 is 14.6 Å². The Morgan fingerprint density at radius 2 is 1.62 bits per heavy atom. The monoisotopic (exact) mass is 491 g/mol. The van der Waals surface area contributed by atoms with Gasteiger partial charge in [0.05, 0.1) is 20.3 Å². The lowest BCUT2D eigenvalue weighted by atomic mass is 9.74. The first kappa shape index (κ1) is 23.0. The van der Waals surface area contributed by atoms with Crippen molar-refractivity contribution in [3.8, 4) is 28.4 Å². The summed E-state index contributed by atoms with van der Waals surface area (Å²) in [5.74, 6) is 1.66. The molecule has 1 aliphatic carbocycles. The number of rotatable bonds is 5. The van der Waals surface area contributed by atoms with Gasteiger partial charge in [0.25, 0.3) is 0 Å². The van der Waals surface area contributed by atoms with E-state index in [9.17, 15) is 5.11 Å². The second kappa shape index (κ2) is 8.89. The standard InChI is InChI=1S/C31H29N3O3/c1-36-27-10-6-5-9-20(27)21-15-26(35)28(37-2)16-22(21)30-24-13-17-7-3-4-8-19(17)29(24)23-14-18(31(32)33)11-12-25(23)34-30/h3-12,14-16,24,29-30,34-35H,13H2,1-2H3,(H3,32,33). The molecule has 0 aromatic heterocycles. The number of phenols is 1. The van der Waals surface area contributed by atoms with Crippen molar-refractivity contribution in [1.29, 1.82) is 5.41 Å². The van der Waals surface area contributed by atoms with Gasteiger partial charge >= 0.3 is 0 Å². The molecule has 1 heterocycles. The Morgan fingerprint density at radius 1 is 0.865 bits per heavy atom. The number of benzene rings is 4. The summed E-state index contributed by atoms with van der Waals surface area (Å²) in [6.07, 6.45) is 0.900. The molecular weight excluding hydrogens is 462 g/mol. The summed E-state index contributed by atoms with van der Waals surface area (Å²) >= 11 is 0. The highest BCUT2D eigenvalue weighted by Gasteiger charge is 2.44. The summed E-state index contributed by atoms with van der Waals surface area (Å²) in [5, 5.41) is 22.6. The third-order valence-corrected chi connectivity index (χ3v) is 7.79. The molecule has 6 nitrogen and oxygen atoms in total. The predicted molar refractivity (Wildman–Crippen MR) is 146 cm³/mol. The number of nitrogens with two attached hydrogens (primary N) is 1. The second-order valence-electron chi connectivity index (χ2n) is 9.69. The largest absolute Gasteiger partial charge is 0.504 e. The highest BCUT2D eigenvalue weighted by molar-refractivity contribution is 5.96. The molecule has 4 aromatic carbocycles. The van der Waals surface area contributed by atoms with Gasteiger partial charge < -0.3 is 25.6 Å². The van der Waals surface area contributed by atoms with Crippen LogP contribution in [0, 0.1) is 11.3 Å². The Bertz CT molecular complexity index is 1530. The summed E-state index contributed by atoms with van der Waals surface area (Å²) in [6.45, 7) is 0. The average molecular weight is 492 g/mol.